The van der Waals surface area contributed by atoms with Crippen molar-refractivity contribution in [2.24, 2.45) is 0 Å². The van der Waals surface area contributed by atoms with Crippen LogP contribution in [0.5, 0.6) is 0 Å². The smallest absolute Gasteiger partial charge is 0.183 e. The van der Waals surface area contributed by atoms with Gasteiger partial charge in [-0.05, 0) is 31.0 Å². The van der Waals surface area contributed by atoms with Crippen molar-refractivity contribution >= 4 is 38.3 Å². The molecule has 80 valence electrons. The van der Waals surface area contributed by atoms with E-state index in [2.05, 4.69) is 30.2 Å². The molecule has 15 heavy (non-hydrogen) atoms. The highest BCUT2D eigenvalue weighted by atomic mass is 35.5. The van der Waals surface area contributed by atoms with Crippen LogP contribution in [0, 0.1) is 0 Å². The predicted octanol–water partition coefficient (Wildman–Crippen LogP) is 3.94. The molecule has 0 aliphatic rings. The van der Waals surface area contributed by atoms with E-state index >= 15 is 0 Å². The molecule has 1 N–H and O–H groups in total. The number of benzene rings is 1. The van der Waals surface area contributed by atoms with E-state index in [4.69, 9.17) is 11.6 Å². The van der Waals surface area contributed by atoms with Crippen molar-refractivity contribution in [3.8, 4) is 0 Å². The van der Waals surface area contributed by atoms with Gasteiger partial charge in [0.1, 0.15) is 5.52 Å². The number of aromatic nitrogens is 1. The van der Waals surface area contributed by atoms with Crippen molar-refractivity contribution in [2.45, 2.75) is 20.3 Å². The largest absolute Gasteiger partial charge is 0.362 e. The first-order valence-electron chi connectivity index (χ1n) is 5.07. The van der Waals surface area contributed by atoms with Gasteiger partial charge in [-0.3, -0.25) is 0 Å². The molecule has 0 aliphatic carbocycles. The Morgan fingerprint density at radius 2 is 2.20 bits per heavy atom. The van der Waals surface area contributed by atoms with Gasteiger partial charge in [0.15, 0.2) is 5.13 Å². The Morgan fingerprint density at radius 3 is 2.87 bits per heavy atom. The molecule has 0 unspecified atom stereocenters. The number of nitrogens with zero attached hydrogens (tertiary/aromatic N) is 1. The molecule has 4 heteroatoms. The summed E-state index contributed by atoms with van der Waals surface area (Å²) in [6, 6.07) is 4.17. The van der Waals surface area contributed by atoms with Gasteiger partial charge in [0, 0.05) is 6.54 Å². The van der Waals surface area contributed by atoms with Gasteiger partial charge in [-0.1, -0.05) is 29.9 Å². The summed E-state index contributed by atoms with van der Waals surface area (Å²) >= 11 is 7.83. The van der Waals surface area contributed by atoms with Crippen LogP contribution in [0.15, 0.2) is 12.1 Å². The van der Waals surface area contributed by atoms with Crippen molar-refractivity contribution in [3.63, 3.8) is 0 Å². The van der Waals surface area contributed by atoms with E-state index in [1.54, 1.807) is 11.3 Å². The molecular formula is C11H13ClN2S. The number of halogens is 1. The van der Waals surface area contributed by atoms with E-state index in [0.29, 0.717) is 0 Å². The minimum Gasteiger partial charge on any atom is -0.362 e. The van der Waals surface area contributed by atoms with Crippen LogP contribution in [0.4, 0.5) is 5.13 Å². The van der Waals surface area contributed by atoms with Crippen LogP contribution in [0.3, 0.4) is 0 Å². The molecule has 2 aromatic rings. The van der Waals surface area contributed by atoms with E-state index in [0.717, 1.165) is 33.3 Å². The quantitative estimate of drug-likeness (QED) is 0.879. The SMILES string of the molecule is CCNc1nc2c(Cl)cc(CC)cc2s1. The van der Waals surface area contributed by atoms with Crippen LogP contribution in [0.1, 0.15) is 19.4 Å². The number of aryl methyl sites for hydroxylation is 1. The Morgan fingerprint density at radius 1 is 1.40 bits per heavy atom. The average Bonchev–Trinajstić information content (AvgIpc) is 2.61. The van der Waals surface area contributed by atoms with Crippen LogP contribution in [0.25, 0.3) is 10.2 Å². The van der Waals surface area contributed by atoms with E-state index in [1.165, 1.54) is 5.56 Å². The summed E-state index contributed by atoms with van der Waals surface area (Å²) in [4.78, 5) is 4.45. The molecule has 0 radical (unpaired) electrons. The average molecular weight is 241 g/mol. The van der Waals surface area contributed by atoms with Crippen molar-refractivity contribution in [3.05, 3.63) is 22.7 Å². The first-order chi connectivity index (χ1) is 7.24. The maximum absolute atomic E-state index is 6.17. The lowest BCUT2D eigenvalue weighted by Gasteiger charge is -1.97. The van der Waals surface area contributed by atoms with Gasteiger partial charge in [-0.25, -0.2) is 4.98 Å². The topological polar surface area (TPSA) is 24.9 Å². The number of rotatable bonds is 3. The molecule has 2 nitrogen and oxygen atoms in total. The zero-order valence-corrected chi connectivity index (χ0v) is 10.4. The zero-order valence-electron chi connectivity index (χ0n) is 8.80. The van der Waals surface area contributed by atoms with E-state index in [1.807, 2.05) is 6.07 Å². The van der Waals surface area contributed by atoms with Gasteiger partial charge in [0.2, 0.25) is 0 Å². The third-order valence-corrected chi connectivity index (χ3v) is 3.49. The summed E-state index contributed by atoms with van der Waals surface area (Å²) in [6.07, 6.45) is 1.00. The highest BCUT2D eigenvalue weighted by Gasteiger charge is 2.07. The lowest BCUT2D eigenvalue weighted by atomic mass is 10.2. The second-order valence-electron chi connectivity index (χ2n) is 3.33. The summed E-state index contributed by atoms with van der Waals surface area (Å²) in [5.41, 5.74) is 2.18. The Hall–Kier alpha value is -0.800. The van der Waals surface area contributed by atoms with Crippen molar-refractivity contribution < 1.29 is 0 Å². The highest BCUT2D eigenvalue weighted by Crippen LogP contribution is 2.32. The predicted molar refractivity (Wildman–Crippen MR) is 68.2 cm³/mol. The second-order valence-corrected chi connectivity index (χ2v) is 4.77. The summed E-state index contributed by atoms with van der Waals surface area (Å²) < 4.78 is 1.16. The van der Waals surface area contributed by atoms with Gasteiger partial charge in [-0.15, -0.1) is 0 Å². The van der Waals surface area contributed by atoms with Crippen LogP contribution >= 0.6 is 22.9 Å². The Balaban J connectivity index is 2.54. The molecule has 0 fully saturated rings. The third-order valence-electron chi connectivity index (χ3n) is 2.24. The summed E-state index contributed by atoms with van der Waals surface area (Å²) in [7, 11) is 0. The van der Waals surface area contributed by atoms with Gasteiger partial charge in [0.05, 0.1) is 9.72 Å². The van der Waals surface area contributed by atoms with Gasteiger partial charge in [0.25, 0.3) is 0 Å². The van der Waals surface area contributed by atoms with Crippen molar-refractivity contribution in [1.82, 2.24) is 4.98 Å². The van der Waals surface area contributed by atoms with E-state index < -0.39 is 0 Å². The minimum atomic E-state index is 0.754. The zero-order chi connectivity index (χ0) is 10.8. The maximum Gasteiger partial charge on any atom is 0.183 e. The molecule has 1 aromatic carbocycles. The van der Waals surface area contributed by atoms with E-state index in [-0.39, 0.29) is 0 Å². The molecule has 0 atom stereocenters. The molecular weight excluding hydrogens is 228 g/mol. The van der Waals surface area contributed by atoms with E-state index in [9.17, 15) is 0 Å². The molecule has 0 spiro atoms. The summed E-state index contributed by atoms with van der Waals surface area (Å²) in [5, 5.41) is 4.91. The fraction of sp³-hybridized carbons (Fsp3) is 0.364. The number of anilines is 1. The van der Waals surface area contributed by atoms with Gasteiger partial charge >= 0.3 is 0 Å². The lowest BCUT2D eigenvalue weighted by Crippen LogP contribution is -1.94. The van der Waals surface area contributed by atoms with Gasteiger partial charge < -0.3 is 5.32 Å². The fourth-order valence-corrected chi connectivity index (χ4v) is 2.84. The molecule has 0 amide bonds. The molecule has 0 saturated carbocycles. The Labute approximate surface area is 98.3 Å². The molecule has 1 aromatic heterocycles. The molecule has 0 bridgehead atoms. The summed E-state index contributed by atoms with van der Waals surface area (Å²) in [6.45, 7) is 5.08. The number of hydrogen-bond donors (Lipinski definition) is 1. The fourth-order valence-electron chi connectivity index (χ4n) is 1.47. The monoisotopic (exact) mass is 240 g/mol. The third kappa shape index (κ3) is 2.08. The highest BCUT2D eigenvalue weighted by molar-refractivity contribution is 7.22. The number of hydrogen-bond acceptors (Lipinski definition) is 3. The normalized spacial score (nSPS) is 10.9. The standard InChI is InChI=1S/C11H13ClN2S/c1-3-7-5-8(12)10-9(6-7)15-11(14-10)13-4-2/h5-6H,3-4H2,1-2H3,(H,13,14). The first kappa shape index (κ1) is 10.7. The number of nitrogens with one attached hydrogen (secondary N) is 1. The lowest BCUT2D eigenvalue weighted by molar-refractivity contribution is 1.15. The second kappa shape index (κ2) is 4.37. The minimum absolute atomic E-state index is 0.754. The van der Waals surface area contributed by atoms with Crippen LogP contribution < -0.4 is 5.32 Å². The maximum atomic E-state index is 6.17. The Kier molecular flexibility index (Phi) is 3.12. The van der Waals surface area contributed by atoms with Crippen molar-refractivity contribution in [2.75, 3.05) is 11.9 Å². The Bertz CT molecular complexity index is 479. The van der Waals surface area contributed by atoms with Crippen LogP contribution in [-0.4, -0.2) is 11.5 Å². The van der Waals surface area contributed by atoms with Crippen LogP contribution in [-0.2, 0) is 6.42 Å². The molecule has 2 rings (SSSR count). The van der Waals surface area contributed by atoms with Gasteiger partial charge in [-0.2, -0.15) is 0 Å². The first-order valence-corrected chi connectivity index (χ1v) is 6.26. The molecule has 0 aliphatic heterocycles. The molecule has 0 saturated heterocycles. The molecule has 1 heterocycles. The number of fused-ring (bicyclic) bond motifs is 1. The summed E-state index contributed by atoms with van der Waals surface area (Å²) in [5.74, 6) is 0. The number of thiazole rings is 1. The van der Waals surface area contributed by atoms with Crippen molar-refractivity contribution in [1.29, 1.82) is 0 Å². The van der Waals surface area contributed by atoms with Crippen LogP contribution in [0.2, 0.25) is 5.02 Å².